The summed E-state index contributed by atoms with van der Waals surface area (Å²) in [6.07, 6.45) is 1.38. The van der Waals surface area contributed by atoms with Gasteiger partial charge in [0.2, 0.25) is 5.28 Å². The largest absolute Gasteiger partial charge is 0.335 e. The molecule has 0 amide bonds. The van der Waals surface area contributed by atoms with E-state index in [1.165, 1.54) is 12.3 Å². The van der Waals surface area contributed by atoms with Crippen molar-refractivity contribution in [2.75, 3.05) is 5.32 Å². The number of nitrogens with one attached hydrogen (secondary N) is 1. The summed E-state index contributed by atoms with van der Waals surface area (Å²) >= 11 is 8.55. The van der Waals surface area contributed by atoms with Crippen molar-refractivity contribution in [2.24, 2.45) is 0 Å². The fraction of sp³-hybridized carbons (Fsp3) is 0. The highest BCUT2D eigenvalue weighted by Crippen LogP contribution is 2.26. The molecular formula is C10H5BrClF2N3. The summed E-state index contributed by atoms with van der Waals surface area (Å²) in [6, 6.07) is 3.75. The van der Waals surface area contributed by atoms with Crippen LogP contribution < -0.4 is 5.32 Å². The Hall–Kier alpha value is -1.27. The number of benzene rings is 1. The molecule has 0 bridgehead atoms. The Morgan fingerprint density at radius 2 is 1.88 bits per heavy atom. The molecule has 1 aromatic heterocycles. The van der Waals surface area contributed by atoms with Crippen LogP contribution in [0.25, 0.3) is 0 Å². The zero-order valence-electron chi connectivity index (χ0n) is 8.22. The summed E-state index contributed by atoms with van der Waals surface area (Å²) < 4.78 is 27.3. The molecule has 0 aliphatic heterocycles. The van der Waals surface area contributed by atoms with Crippen molar-refractivity contribution in [3.05, 3.63) is 45.8 Å². The van der Waals surface area contributed by atoms with Crippen molar-refractivity contribution in [2.45, 2.75) is 0 Å². The number of hydrogen-bond acceptors (Lipinski definition) is 3. The van der Waals surface area contributed by atoms with E-state index in [0.717, 1.165) is 12.1 Å². The predicted octanol–water partition coefficient (Wildman–Crippen LogP) is 3.91. The third kappa shape index (κ3) is 2.89. The number of nitrogens with zero attached hydrogens (tertiary/aromatic N) is 2. The molecule has 2 rings (SSSR count). The first kappa shape index (κ1) is 12.2. The van der Waals surface area contributed by atoms with E-state index in [-0.39, 0.29) is 16.8 Å². The zero-order valence-corrected chi connectivity index (χ0v) is 10.6. The van der Waals surface area contributed by atoms with Crippen LogP contribution in [0.3, 0.4) is 0 Å². The molecule has 0 unspecified atom stereocenters. The SMILES string of the molecule is Fc1cc(Br)cc(F)c1Nc1ccnc(Cl)n1. The van der Waals surface area contributed by atoms with Crippen LogP contribution in [-0.2, 0) is 0 Å². The van der Waals surface area contributed by atoms with Crippen molar-refractivity contribution in [3.8, 4) is 0 Å². The van der Waals surface area contributed by atoms with E-state index in [1.54, 1.807) is 0 Å². The molecule has 3 nitrogen and oxygen atoms in total. The highest BCUT2D eigenvalue weighted by molar-refractivity contribution is 9.10. The Bertz CT molecular complexity index is 542. The van der Waals surface area contributed by atoms with Gasteiger partial charge in [-0.15, -0.1) is 0 Å². The molecular weight excluding hydrogens is 315 g/mol. The van der Waals surface area contributed by atoms with Crippen molar-refractivity contribution >= 4 is 39.0 Å². The van der Waals surface area contributed by atoms with Crippen molar-refractivity contribution in [3.63, 3.8) is 0 Å². The van der Waals surface area contributed by atoms with Crippen LogP contribution in [0.15, 0.2) is 28.9 Å². The molecule has 1 heterocycles. The Morgan fingerprint density at radius 1 is 1.24 bits per heavy atom. The van der Waals surface area contributed by atoms with Gasteiger partial charge in [-0.3, -0.25) is 0 Å². The standard InChI is InChI=1S/C10H5BrClF2N3/c11-5-3-6(13)9(7(14)4-5)16-8-1-2-15-10(12)17-8/h1-4H,(H,15,16,17). The first-order valence-electron chi connectivity index (χ1n) is 4.46. The van der Waals surface area contributed by atoms with Crippen molar-refractivity contribution in [1.29, 1.82) is 0 Å². The fourth-order valence-corrected chi connectivity index (χ4v) is 1.74. The maximum atomic E-state index is 13.5. The van der Waals surface area contributed by atoms with Crippen LogP contribution in [0.1, 0.15) is 0 Å². The van der Waals surface area contributed by atoms with Gasteiger partial charge in [-0.05, 0) is 29.8 Å². The lowest BCUT2D eigenvalue weighted by Gasteiger charge is -2.08. The fourth-order valence-electron chi connectivity index (χ4n) is 1.19. The van der Waals surface area contributed by atoms with Crippen LogP contribution in [-0.4, -0.2) is 9.97 Å². The summed E-state index contributed by atoms with van der Waals surface area (Å²) in [5, 5.41) is 2.50. The van der Waals surface area contributed by atoms with E-state index in [0.29, 0.717) is 4.47 Å². The second-order valence-corrected chi connectivity index (χ2v) is 4.33. The molecule has 1 N–H and O–H groups in total. The van der Waals surface area contributed by atoms with E-state index >= 15 is 0 Å². The minimum absolute atomic E-state index is 0.00655. The van der Waals surface area contributed by atoms with Crippen LogP contribution in [0.4, 0.5) is 20.3 Å². The Morgan fingerprint density at radius 3 is 2.47 bits per heavy atom. The molecule has 0 saturated carbocycles. The van der Waals surface area contributed by atoms with Gasteiger partial charge in [-0.1, -0.05) is 15.9 Å². The Balaban J connectivity index is 2.36. The van der Waals surface area contributed by atoms with Gasteiger partial charge in [0.1, 0.15) is 11.5 Å². The van der Waals surface area contributed by atoms with E-state index in [2.05, 4.69) is 31.2 Å². The normalized spacial score (nSPS) is 10.4. The van der Waals surface area contributed by atoms with Gasteiger partial charge >= 0.3 is 0 Å². The Labute approximate surface area is 109 Å². The molecule has 0 spiro atoms. The zero-order chi connectivity index (χ0) is 12.4. The summed E-state index contributed by atoms with van der Waals surface area (Å²) in [5.41, 5.74) is -0.289. The van der Waals surface area contributed by atoms with E-state index in [1.807, 2.05) is 0 Å². The summed E-state index contributed by atoms with van der Waals surface area (Å²) in [7, 11) is 0. The number of rotatable bonds is 2. The van der Waals surface area contributed by atoms with Crippen LogP contribution in [0.5, 0.6) is 0 Å². The van der Waals surface area contributed by atoms with Crippen LogP contribution in [0.2, 0.25) is 5.28 Å². The minimum Gasteiger partial charge on any atom is -0.335 e. The van der Waals surface area contributed by atoms with Crippen molar-refractivity contribution in [1.82, 2.24) is 9.97 Å². The quantitative estimate of drug-likeness (QED) is 0.852. The Kier molecular flexibility index (Phi) is 3.54. The topological polar surface area (TPSA) is 37.8 Å². The average molecular weight is 321 g/mol. The van der Waals surface area contributed by atoms with E-state index in [9.17, 15) is 8.78 Å². The van der Waals surface area contributed by atoms with Crippen LogP contribution >= 0.6 is 27.5 Å². The smallest absolute Gasteiger partial charge is 0.224 e. The van der Waals surface area contributed by atoms with Gasteiger partial charge in [-0.25, -0.2) is 18.7 Å². The average Bonchev–Trinajstić information content (AvgIpc) is 2.23. The maximum absolute atomic E-state index is 13.5. The second kappa shape index (κ2) is 4.93. The first-order chi connectivity index (χ1) is 8.06. The van der Waals surface area contributed by atoms with Gasteiger partial charge in [0, 0.05) is 10.7 Å². The highest BCUT2D eigenvalue weighted by Gasteiger charge is 2.11. The van der Waals surface area contributed by atoms with Gasteiger partial charge < -0.3 is 5.32 Å². The monoisotopic (exact) mass is 319 g/mol. The molecule has 0 radical (unpaired) electrons. The number of halogens is 4. The summed E-state index contributed by atoms with van der Waals surface area (Å²) in [6.45, 7) is 0. The molecule has 0 atom stereocenters. The lowest BCUT2D eigenvalue weighted by atomic mass is 10.3. The minimum atomic E-state index is -0.730. The van der Waals surface area contributed by atoms with Crippen LogP contribution in [0, 0.1) is 11.6 Å². The number of hydrogen-bond donors (Lipinski definition) is 1. The lowest BCUT2D eigenvalue weighted by molar-refractivity contribution is 0.589. The molecule has 0 saturated heterocycles. The second-order valence-electron chi connectivity index (χ2n) is 3.08. The number of aromatic nitrogens is 2. The lowest BCUT2D eigenvalue weighted by Crippen LogP contribution is -2.00. The third-order valence-electron chi connectivity index (χ3n) is 1.89. The third-order valence-corrected chi connectivity index (χ3v) is 2.53. The molecule has 0 aliphatic carbocycles. The number of anilines is 2. The molecule has 1 aromatic carbocycles. The predicted molar refractivity (Wildman–Crippen MR) is 64.4 cm³/mol. The summed E-state index contributed by atoms with van der Waals surface area (Å²) in [4.78, 5) is 7.43. The van der Waals surface area contributed by atoms with Crippen molar-refractivity contribution < 1.29 is 8.78 Å². The van der Waals surface area contributed by atoms with Gasteiger partial charge in [0.25, 0.3) is 0 Å². The maximum Gasteiger partial charge on any atom is 0.224 e. The van der Waals surface area contributed by atoms with Gasteiger partial charge in [-0.2, -0.15) is 0 Å². The molecule has 0 fully saturated rings. The molecule has 2 aromatic rings. The van der Waals surface area contributed by atoms with E-state index in [4.69, 9.17) is 11.6 Å². The summed E-state index contributed by atoms with van der Waals surface area (Å²) in [5.74, 6) is -1.25. The molecule has 88 valence electrons. The first-order valence-corrected chi connectivity index (χ1v) is 5.63. The molecule has 0 aliphatic rings. The molecule has 17 heavy (non-hydrogen) atoms. The van der Waals surface area contributed by atoms with Gasteiger partial charge in [0.15, 0.2) is 11.6 Å². The highest BCUT2D eigenvalue weighted by atomic mass is 79.9. The van der Waals surface area contributed by atoms with Gasteiger partial charge in [0.05, 0.1) is 0 Å². The van der Waals surface area contributed by atoms with E-state index < -0.39 is 11.6 Å². The molecule has 7 heteroatoms.